The number of hydrogen-bond donors (Lipinski definition) is 3. The second kappa shape index (κ2) is 11.7. The number of aliphatic hydroxyl groups excluding tert-OH is 1. The van der Waals surface area contributed by atoms with E-state index in [0.717, 1.165) is 31.4 Å². The standard InChI is InChI=1S/C16H28N4O2.HI/c1-2-17-16(18-8-11-21)19-13-14(15-7-6-12-22-15)20-9-4-3-5-10-20;/h6-7,12,14,21H,2-5,8-11,13H2,1H3,(H2,17,18,19);1H. The number of halogens is 1. The van der Waals surface area contributed by atoms with Gasteiger partial charge >= 0.3 is 0 Å². The largest absolute Gasteiger partial charge is 0.468 e. The monoisotopic (exact) mass is 436 g/mol. The molecule has 0 bridgehead atoms. The molecular weight excluding hydrogens is 407 g/mol. The van der Waals surface area contributed by atoms with Crippen LogP contribution in [0, 0.1) is 0 Å². The summed E-state index contributed by atoms with van der Waals surface area (Å²) in [4.78, 5) is 7.12. The first-order valence-electron chi connectivity index (χ1n) is 8.25. The summed E-state index contributed by atoms with van der Waals surface area (Å²) in [6.45, 7) is 6.27. The number of aliphatic hydroxyl groups is 1. The Balaban J connectivity index is 0.00000264. The van der Waals surface area contributed by atoms with Crippen molar-refractivity contribution in [1.82, 2.24) is 15.5 Å². The van der Waals surface area contributed by atoms with Crippen LogP contribution in [0.25, 0.3) is 0 Å². The normalized spacial score (nSPS) is 17.4. The Hall–Kier alpha value is -0.800. The highest BCUT2D eigenvalue weighted by Crippen LogP contribution is 2.25. The average Bonchev–Trinajstić information content (AvgIpc) is 3.08. The lowest BCUT2D eigenvalue weighted by Crippen LogP contribution is -2.40. The van der Waals surface area contributed by atoms with Gasteiger partial charge in [-0.25, -0.2) is 0 Å². The van der Waals surface area contributed by atoms with Crippen molar-refractivity contribution in [2.75, 3.05) is 39.3 Å². The molecule has 0 radical (unpaired) electrons. The molecule has 1 atom stereocenters. The van der Waals surface area contributed by atoms with Crippen molar-refractivity contribution in [2.45, 2.75) is 32.2 Å². The van der Waals surface area contributed by atoms with Gasteiger partial charge in [-0.05, 0) is 45.0 Å². The Morgan fingerprint density at radius 3 is 2.74 bits per heavy atom. The van der Waals surface area contributed by atoms with Gasteiger partial charge in [-0.1, -0.05) is 6.42 Å². The van der Waals surface area contributed by atoms with Gasteiger partial charge in [-0.2, -0.15) is 0 Å². The van der Waals surface area contributed by atoms with Crippen molar-refractivity contribution in [3.8, 4) is 0 Å². The zero-order valence-electron chi connectivity index (χ0n) is 13.8. The first-order valence-corrected chi connectivity index (χ1v) is 8.25. The zero-order valence-corrected chi connectivity index (χ0v) is 16.2. The number of nitrogens with zero attached hydrogens (tertiary/aromatic N) is 2. The van der Waals surface area contributed by atoms with Crippen LogP contribution in [-0.2, 0) is 0 Å². The van der Waals surface area contributed by atoms with E-state index in [0.29, 0.717) is 13.1 Å². The highest BCUT2D eigenvalue weighted by molar-refractivity contribution is 14.0. The molecule has 0 saturated carbocycles. The van der Waals surface area contributed by atoms with E-state index >= 15 is 0 Å². The van der Waals surface area contributed by atoms with E-state index < -0.39 is 0 Å². The fraction of sp³-hybridized carbons (Fsp3) is 0.688. The van der Waals surface area contributed by atoms with E-state index in [1.54, 1.807) is 6.26 Å². The fourth-order valence-electron chi connectivity index (χ4n) is 2.79. The topological polar surface area (TPSA) is 73.0 Å². The van der Waals surface area contributed by atoms with Crippen LogP contribution in [0.15, 0.2) is 27.8 Å². The third-order valence-corrected chi connectivity index (χ3v) is 3.87. The van der Waals surface area contributed by atoms with Gasteiger partial charge in [0, 0.05) is 13.1 Å². The summed E-state index contributed by atoms with van der Waals surface area (Å²) >= 11 is 0. The molecule has 1 aromatic rings. The van der Waals surface area contributed by atoms with Crippen LogP contribution in [0.5, 0.6) is 0 Å². The summed E-state index contributed by atoms with van der Waals surface area (Å²) in [6, 6.07) is 4.15. The number of hydrogen-bond acceptors (Lipinski definition) is 4. The molecule has 2 heterocycles. The molecule has 2 rings (SSSR count). The molecule has 1 aliphatic heterocycles. The lowest BCUT2D eigenvalue weighted by Gasteiger charge is -2.32. The summed E-state index contributed by atoms with van der Waals surface area (Å²) in [5.74, 6) is 1.72. The summed E-state index contributed by atoms with van der Waals surface area (Å²) in [6.07, 6.45) is 5.52. The molecule has 1 fully saturated rings. The van der Waals surface area contributed by atoms with E-state index in [4.69, 9.17) is 9.52 Å². The zero-order chi connectivity index (χ0) is 15.6. The smallest absolute Gasteiger partial charge is 0.191 e. The van der Waals surface area contributed by atoms with E-state index in [1.165, 1.54) is 19.3 Å². The van der Waals surface area contributed by atoms with E-state index in [9.17, 15) is 0 Å². The molecule has 1 aliphatic rings. The molecule has 0 spiro atoms. The number of nitrogens with one attached hydrogen (secondary N) is 2. The minimum atomic E-state index is 0. The number of rotatable bonds is 7. The van der Waals surface area contributed by atoms with Gasteiger partial charge in [0.25, 0.3) is 0 Å². The molecule has 6 nitrogen and oxygen atoms in total. The Bertz CT molecular complexity index is 433. The molecule has 3 N–H and O–H groups in total. The molecule has 132 valence electrons. The predicted molar refractivity (Wildman–Crippen MR) is 103 cm³/mol. The fourth-order valence-corrected chi connectivity index (χ4v) is 2.79. The van der Waals surface area contributed by atoms with E-state index in [1.807, 2.05) is 19.1 Å². The van der Waals surface area contributed by atoms with Gasteiger partial charge in [0.05, 0.1) is 25.5 Å². The van der Waals surface area contributed by atoms with Crippen LogP contribution in [-0.4, -0.2) is 55.3 Å². The molecule has 1 saturated heterocycles. The molecule has 1 aromatic heterocycles. The SMILES string of the molecule is CCNC(=NCC(c1ccco1)N1CCCCC1)NCCO.I. The van der Waals surface area contributed by atoms with Crippen molar-refractivity contribution in [3.63, 3.8) is 0 Å². The Labute approximate surface area is 155 Å². The van der Waals surface area contributed by atoms with Crippen LogP contribution in [0.1, 0.15) is 38.0 Å². The Morgan fingerprint density at radius 1 is 1.35 bits per heavy atom. The van der Waals surface area contributed by atoms with Gasteiger partial charge in [-0.15, -0.1) is 24.0 Å². The van der Waals surface area contributed by atoms with E-state index in [-0.39, 0.29) is 36.6 Å². The van der Waals surface area contributed by atoms with Crippen LogP contribution in [0.3, 0.4) is 0 Å². The quantitative estimate of drug-likeness (QED) is 0.347. The van der Waals surface area contributed by atoms with Crippen molar-refractivity contribution >= 4 is 29.9 Å². The van der Waals surface area contributed by atoms with Crippen LogP contribution in [0.4, 0.5) is 0 Å². The predicted octanol–water partition coefficient (Wildman–Crippen LogP) is 1.97. The molecule has 23 heavy (non-hydrogen) atoms. The third kappa shape index (κ3) is 6.68. The highest BCUT2D eigenvalue weighted by Gasteiger charge is 2.24. The molecule has 1 unspecified atom stereocenters. The summed E-state index contributed by atoms with van der Waals surface area (Å²) in [7, 11) is 0. The Morgan fingerprint density at radius 2 is 2.13 bits per heavy atom. The average molecular weight is 436 g/mol. The van der Waals surface area contributed by atoms with Gasteiger partial charge in [0.1, 0.15) is 5.76 Å². The van der Waals surface area contributed by atoms with Gasteiger partial charge in [-0.3, -0.25) is 9.89 Å². The number of furan rings is 1. The number of guanidine groups is 1. The first-order chi connectivity index (χ1) is 10.8. The summed E-state index contributed by atoms with van der Waals surface area (Å²) in [5.41, 5.74) is 0. The molecule has 0 aliphatic carbocycles. The minimum Gasteiger partial charge on any atom is -0.468 e. The Kier molecular flexibility index (Phi) is 10.3. The van der Waals surface area contributed by atoms with Crippen molar-refractivity contribution in [2.24, 2.45) is 4.99 Å². The molecule has 0 aromatic carbocycles. The lowest BCUT2D eigenvalue weighted by atomic mass is 10.1. The van der Waals surface area contributed by atoms with Crippen molar-refractivity contribution in [3.05, 3.63) is 24.2 Å². The number of piperidine rings is 1. The van der Waals surface area contributed by atoms with Gasteiger partial charge in [0.15, 0.2) is 5.96 Å². The van der Waals surface area contributed by atoms with Crippen molar-refractivity contribution < 1.29 is 9.52 Å². The maximum Gasteiger partial charge on any atom is 0.191 e. The second-order valence-corrected chi connectivity index (χ2v) is 5.50. The maximum absolute atomic E-state index is 8.95. The number of likely N-dealkylation sites (tertiary alicyclic amines) is 1. The van der Waals surface area contributed by atoms with E-state index in [2.05, 4.69) is 20.5 Å². The minimum absolute atomic E-state index is 0. The van der Waals surface area contributed by atoms with Gasteiger partial charge < -0.3 is 20.2 Å². The maximum atomic E-state index is 8.95. The number of aliphatic imine (C=N–C) groups is 1. The second-order valence-electron chi connectivity index (χ2n) is 5.50. The van der Waals surface area contributed by atoms with Gasteiger partial charge in [0.2, 0.25) is 0 Å². The summed E-state index contributed by atoms with van der Waals surface area (Å²) in [5, 5.41) is 15.3. The highest BCUT2D eigenvalue weighted by atomic mass is 127. The first kappa shape index (κ1) is 20.2. The lowest BCUT2D eigenvalue weighted by molar-refractivity contribution is 0.150. The van der Waals surface area contributed by atoms with Crippen molar-refractivity contribution in [1.29, 1.82) is 0 Å². The van der Waals surface area contributed by atoms with Crippen LogP contribution in [0.2, 0.25) is 0 Å². The van der Waals surface area contributed by atoms with Crippen LogP contribution < -0.4 is 10.6 Å². The molecule has 0 amide bonds. The van der Waals surface area contributed by atoms with Crippen LogP contribution >= 0.6 is 24.0 Å². The summed E-state index contributed by atoms with van der Waals surface area (Å²) < 4.78 is 5.63. The third-order valence-electron chi connectivity index (χ3n) is 3.87. The molecule has 7 heteroatoms. The molecular formula is C16H29IN4O2.